The Labute approximate surface area is 139 Å². The van der Waals surface area contributed by atoms with Crippen molar-refractivity contribution < 1.29 is 9.53 Å². The first-order valence-electron chi connectivity index (χ1n) is 7.48. The maximum absolute atomic E-state index is 12.3. The number of carbonyl (C=O) groups is 1. The number of pyridine rings is 1. The van der Waals surface area contributed by atoms with Crippen molar-refractivity contribution in [3.63, 3.8) is 0 Å². The van der Waals surface area contributed by atoms with Gasteiger partial charge in [0.15, 0.2) is 0 Å². The number of nitrogens with one attached hydrogen (secondary N) is 1. The number of hydrogen-bond acceptors (Lipinski definition) is 5. The molecule has 0 bridgehead atoms. The minimum absolute atomic E-state index is 0.335. The van der Waals surface area contributed by atoms with Gasteiger partial charge in [-0.1, -0.05) is 18.2 Å². The molecule has 0 amide bonds. The zero-order valence-electron chi connectivity index (χ0n) is 13.3. The lowest BCUT2D eigenvalue weighted by atomic mass is 10.1. The van der Waals surface area contributed by atoms with Crippen LogP contribution in [0.2, 0.25) is 0 Å². The fraction of sp³-hybridized carbons (Fsp3) is 0.222. The van der Waals surface area contributed by atoms with E-state index < -0.39 is 0 Å². The third-order valence-corrected chi connectivity index (χ3v) is 4.63. The third kappa shape index (κ3) is 2.92. The first-order chi connectivity index (χ1) is 11.1. The van der Waals surface area contributed by atoms with Crippen LogP contribution >= 0.6 is 11.3 Å². The van der Waals surface area contributed by atoms with Gasteiger partial charge in [0.05, 0.1) is 22.8 Å². The number of benzene rings is 1. The molecule has 1 aromatic carbocycles. The molecular formula is C18H18N2O2S. The number of thiophene rings is 1. The van der Waals surface area contributed by atoms with Crippen LogP contribution < -0.4 is 5.32 Å². The third-order valence-electron chi connectivity index (χ3n) is 3.70. The summed E-state index contributed by atoms with van der Waals surface area (Å²) < 4.78 is 5.18. The maximum Gasteiger partial charge on any atom is 0.341 e. The summed E-state index contributed by atoms with van der Waals surface area (Å²) in [6.07, 6.45) is 1.60. The molecule has 3 aromatic rings. The van der Waals surface area contributed by atoms with Crippen molar-refractivity contribution >= 4 is 38.9 Å². The van der Waals surface area contributed by atoms with Gasteiger partial charge in [0, 0.05) is 11.6 Å². The van der Waals surface area contributed by atoms with Crippen LogP contribution in [0.5, 0.6) is 0 Å². The first-order valence-corrected chi connectivity index (χ1v) is 8.36. The molecule has 0 aliphatic rings. The Hall–Kier alpha value is -2.40. The number of aryl methyl sites for hydroxylation is 2. The molecule has 1 N–H and O–H groups in total. The fourth-order valence-corrected chi connectivity index (χ4v) is 3.31. The Kier molecular flexibility index (Phi) is 4.30. The molecular weight excluding hydrogens is 308 g/mol. The summed E-state index contributed by atoms with van der Waals surface area (Å²) >= 11 is 1.61. The quantitative estimate of drug-likeness (QED) is 0.697. The number of anilines is 2. The van der Waals surface area contributed by atoms with Crippen LogP contribution in [-0.2, 0) is 4.74 Å². The van der Waals surface area contributed by atoms with Gasteiger partial charge in [0.25, 0.3) is 0 Å². The molecule has 0 saturated heterocycles. The molecule has 0 fully saturated rings. The van der Waals surface area contributed by atoms with Crippen molar-refractivity contribution in [1.82, 2.24) is 4.98 Å². The predicted molar refractivity (Wildman–Crippen MR) is 94.8 cm³/mol. The zero-order chi connectivity index (χ0) is 16.4. The van der Waals surface area contributed by atoms with E-state index in [-0.39, 0.29) is 5.97 Å². The fourth-order valence-electron chi connectivity index (χ4n) is 2.48. The van der Waals surface area contributed by atoms with Crippen molar-refractivity contribution in [2.45, 2.75) is 20.8 Å². The number of carbonyl (C=O) groups excluding carboxylic acids is 1. The van der Waals surface area contributed by atoms with E-state index in [1.54, 1.807) is 24.5 Å². The molecule has 4 nitrogen and oxygen atoms in total. The summed E-state index contributed by atoms with van der Waals surface area (Å²) in [5.41, 5.74) is 4.31. The van der Waals surface area contributed by atoms with Crippen molar-refractivity contribution in [2.75, 3.05) is 11.9 Å². The van der Waals surface area contributed by atoms with E-state index in [9.17, 15) is 4.79 Å². The summed E-state index contributed by atoms with van der Waals surface area (Å²) in [7, 11) is 0. The van der Waals surface area contributed by atoms with Gasteiger partial charge in [0.2, 0.25) is 0 Å². The molecule has 3 rings (SSSR count). The van der Waals surface area contributed by atoms with Crippen LogP contribution in [0.15, 0.2) is 35.8 Å². The van der Waals surface area contributed by atoms with Crippen molar-refractivity contribution in [1.29, 1.82) is 0 Å². The lowest BCUT2D eigenvalue weighted by Gasteiger charge is -2.14. The van der Waals surface area contributed by atoms with E-state index in [1.165, 1.54) is 0 Å². The van der Waals surface area contributed by atoms with E-state index in [0.717, 1.165) is 32.7 Å². The number of para-hydroxylation sites is 1. The Balaban J connectivity index is 2.20. The molecule has 0 atom stereocenters. The number of nitrogens with zero attached hydrogens (tertiary/aromatic N) is 1. The minimum Gasteiger partial charge on any atom is -0.462 e. The maximum atomic E-state index is 12.3. The lowest BCUT2D eigenvalue weighted by Crippen LogP contribution is -2.09. The van der Waals surface area contributed by atoms with Crippen LogP contribution in [0.25, 0.3) is 10.9 Å². The largest absolute Gasteiger partial charge is 0.462 e. The molecule has 0 saturated carbocycles. The Morgan fingerprint density at radius 3 is 2.78 bits per heavy atom. The van der Waals surface area contributed by atoms with Crippen LogP contribution in [0.4, 0.5) is 10.7 Å². The first kappa shape index (κ1) is 15.5. The monoisotopic (exact) mass is 326 g/mol. The predicted octanol–water partition coefficient (Wildman–Crippen LogP) is 4.83. The standard InChI is InChI=1S/C18H18N2O2S/c1-4-22-18(21)14-10-19-15-11(2)6-5-7-13(15)16(14)20-17-12(3)8-9-23-17/h5-10H,4H2,1-3H3,(H,19,20). The highest BCUT2D eigenvalue weighted by Gasteiger charge is 2.18. The number of esters is 1. The average molecular weight is 326 g/mol. The molecule has 2 aromatic heterocycles. The molecule has 0 radical (unpaired) electrons. The Morgan fingerprint density at radius 2 is 2.09 bits per heavy atom. The smallest absolute Gasteiger partial charge is 0.341 e. The number of hydrogen-bond donors (Lipinski definition) is 1. The highest BCUT2D eigenvalue weighted by atomic mass is 32.1. The second-order valence-corrected chi connectivity index (χ2v) is 6.21. The normalized spacial score (nSPS) is 10.7. The molecule has 2 heterocycles. The average Bonchev–Trinajstić information content (AvgIpc) is 2.93. The van der Waals surface area contributed by atoms with E-state index >= 15 is 0 Å². The minimum atomic E-state index is -0.361. The van der Waals surface area contributed by atoms with E-state index in [4.69, 9.17) is 4.74 Å². The molecule has 0 aliphatic heterocycles. The van der Waals surface area contributed by atoms with Crippen molar-refractivity contribution in [3.8, 4) is 0 Å². The highest BCUT2D eigenvalue weighted by molar-refractivity contribution is 7.14. The molecule has 0 aliphatic carbocycles. The lowest BCUT2D eigenvalue weighted by molar-refractivity contribution is 0.0527. The van der Waals surface area contributed by atoms with Gasteiger partial charge in [-0.25, -0.2) is 4.79 Å². The van der Waals surface area contributed by atoms with Crippen LogP contribution in [0.3, 0.4) is 0 Å². The summed E-state index contributed by atoms with van der Waals surface area (Å²) in [4.78, 5) is 16.8. The van der Waals surface area contributed by atoms with Gasteiger partial charge in [-0.3, -0.25) is 4.98 Å². The van der Waals surface area contributed by atoms with Crippen LogP contribution in [-0.4, -0.2) is 17.6 Å². The summed E-state index contributed by atoms with van der Waals surface area (Å²) in [6.45, 7) is 6.19. The number of fused-ring (bicyclic) bond motifs is 1. The van der Waals surface area contributed by atoms with E-state index in [2.05, 4.69) is 10.3 Å². The molecule has 5 heteroatoms. The zero-order valence-corrected chi connectivity index (χ0v) is 14.2. The van der Waals surface area contributed by atoms with E-state index in [1.807, 2.05) is 43.5 Å². The second-order valence-electron chi connectivity index (χ2n) is 5.30. The van der Waals surface area contributed by atoms with Gasteiger partial charge >= 0.3 is 5.97 Å². The number of ether oxygens (including phenoxy) is 1. The molecule has 118 valence electrons. The second kappa shape index (κ2) is 6.38. The summed E-state index contributed by atoms with van der Waals surface area (Å²) in [5, 5.41) is 7.37. The number of rotatable bonds is 4. The summed E-state index contributed by atoms with van der Waals surface area (Å²) in [5.74, 6) is -0.361. The Bertz CT molecular complexity index is 871. The Morgan fingerprint density at radius 1 is 1.26 bits per heavy atom. The summed E-state index contributed by atoms with van der Waals surface area (Å²) in [6, 6.07) is 8.01. The SMILES string of the molecule is CCOC(=O)c1cnc2c(C)cccc2c1Nc1sccc1C. The van der Waals surface area contributed by atoms with Crippen LogP contribution in [0, 0.1) is 13.8 Å². The van der Waals surface area contributed by atoms with Gasteiger partial charge < -0.3 is 10.1 Å². The molecule has 0 spiro atoms. The topological polar surface area (TPSA) is 51.2 Å². The van der Waals surface area contributed by atoms with Crippen molar-refractivity contribution in [3.05, 3.63) is 52.5 Å². The molecule has 0 unspecified atom stereocenters. The van der Waals surface area contributed by atoms with Crippen molar-refractivity contribution in [2.24, 2.45) is 0 Å². The van der Waals surface area contributed by atoms with Gasteiger partial charge in [-0.05, 0) is 43.3 Å². The van der Waals surface area contributed by atoms with Gasteiger partial charge in [-0.15, -0.1) is 11.3 Å². The van der Waals surface area contributed by atoms with Gasteiger partial charge in [0.1, 0.15) is 5.56 Å². The molecule has 23 heavy (non-hydrogen) atoms. The van der Waals surface area contributed by atoms with Crippen LogP contribution in [0.1, 0.15) is 28.4 Å². The van der Waals surface area contributed by atoms with Gasteiger partial charge in [-0.2, -0.15) is 0 Å². The highest BCUT2D eigenvalue weighted by Crippen LogP contribution is 2.34. The van der Waals surface area contributed by atoms with E-state index in [0.29, 0.717) is 12.2 Å². The number of aromatic nitrogens is 1.